The van der Waals surface area contributed by atoms with Gasteiger partial charge in [0.15, 0.2) is 5.96 Å². The SMILES string of the molecule is CCC(CNC(=NC)NCC(OC)C(C)(C)C)N1CCCC1. The summed E-state index contributed by atoms with van der Waals surface area (Å²) in [5.74, 6) is 0.865. The van der Waals surface area contributed by atoms with Gasteiger partial charge in [-0.15, -0.1) is 0 Å². The number of hydrogen-bond acceptors (Lipinski definition) is 3. The predicted octanol–water partition coefficient (Wildman–Crippen LogP) is 2.09. The molecule has 5 nitrogen and oxygen atoms in total. The maximum atomic E-state index is 5.58. The molecular formula is C17H36N4O. The molecule has 0 spiro atoms. The molecule has 0 radical (unpaired) electrons. The maximum Gasteiger partial charge on any atom is 0.191 e. The summed E-state index contributed by atoms with van der Waals surface area (Å²) >= 11 is 0. The molecule has 0 aromatic carbocycles. The van der Waals surface area contributed by atoms with Gasteiger partial charge in [0.2, 0.25) is 0 Å². The van der Waals surface area contributed by atoms with E-state index >= 15 is 0 Å². The molecule has 1 rings (SSSR count). The number of aliphatic imine (C=N–C) groups is 1. The lowest BCUT2D eigenvalue weighted by molar-refractivity contribution is 0.0205. The Bertz CT molecular complexity index is 332. The minimum Gasteiger partial charge on any atom is -0.379 e. The van der Waals surface area contributed by atoms with Gasteiger partial charge in [-0.2, -0.15) is 0 Å². The number of methoxy groups -OCH3 is 1. The van der Waals surface area contributed by atoms with Gasteiger partial charge in [0.25, 0.3) is 0 Å². The van der Waals surface area contributed by atoms with Crippen molar-refractivity contribution in [3.8, 4) is 0 Å². The summed E-state index contributed by atoms with van der Waals surface area (Å²) in [7, 11) is 3.60. The molecule has 0 aromatic rings. The predicted molar refractivity (Wildman–Crippen MR) is 94.5 cm³/mol. The zero-order chi connectivity index (χ0) is 16.6. The van der Waals surface area contributed by atoms with Crippen molar-refractivity contribution in [2.75, 3.05) is 40.3 Å². The maximum absolute atomic E-state index is 5.58. The van der Waals surface area contributed by atoms with Crippen molar-refractivity contribution < 1.29 is 4.74 Å². The molecule has 0 bridgehead atoms. The van der Waals surface area contributed by atoms with E-state index in [1.165, 1.54) is 32.4 Å². The highest BCUT2D eigenvalue weighted by molar-refractivity contribution is 5.79. The molecule has 1 saturated heterocycles. The van der Waals surface area contributed by atoms with Crippen molar-refractivity contribution in [2.45, 2.75) is 59.1 Å². The van der Waals surface area contributed by atoms with Crippen LogP contribution in [0.1, 0.15) is 47.0 Å². The van der Waals surface area contributed by atoms with Crippen LogP contribution in [-0.4, -0.2) is 63.3 Å². The lowest BCUT2D eigenvalue weighted by Crippen LogP contribution is -2.49. The van der Waals surface area contributed by atoms with E-state index in [0.717, 1.165) is 19.0 Å². The van der Waals surface area contributed by atoms with E-state index in [1.54, 1.807) is 7.11 Å². The third-order valence-corrected chi connectivity index (χ3v) is 4.56. The highest BCUT2D eigenvalue weighted by Crippen LogP contribution is 2.20. The summed E-state index contributed by atoms with van der Waals surface area (Å²) in [5.41, 5.74) is 0.113. The fraction of sp³-hybridized carbons (Fsp3) is 0.941. The van der Waals surface area contributed by atoms with Crippen molar-refractivity contribution in [1.82, 2.24) is 15.5 Å². The van der Waals surface area contributed by atoms with Gasteiger partial charge in [-0.05, 0) is 37.8 Å². The van der Waals surface area contributed by atoms with Crippen LogP contribution in [0, 0.1) is 5.41 Å². The van der Waals surface area contributed by atoms with Gasteiger partial charge in [0.1, 0.15) is 0 Å². The van der Waals surface area contributed by atoms with E-state index < -0.39 is 0 Å². The van der Waals surface area contributed by atoms with Crippen LogP contribution in [0.3, 0.4) is 0 Å². The molecule has 0 aliphatic carbocycles. The van der Waals surface area contributed by atoms with Crippen molar-refractivity contribution in [2.24, 2.45) is 10.4 Å². The van der Waals surface area contributed by atoms with Crippen LogP contribution >= 0.6 is 0 Å². The van der Waals surface area contributed by atoms with Gasteiger partial charge >= 0.3 is 0 Å². The fourth-order valence-corrected chi connectivity index (χ4v) is 3.01. The monoisotopic (exact) mass is 312 g/mol. The molecule has 1 heterocycles. The second kappa shape index (κ2) is 9.36. The number of hydrogen-bond donors (Lipinski definition) is 2. The molecule has 1 aliphatic rings. The molecular weight excluding hydrogens is 276 g/mol. The Labute approximate surface area is 136 Å². The van der Waals surface area contributed by atoms with Crippen LogP contribution in [0.25, 0.3) is 0 Å². The Morgan fingerprint density at radius 1 is 1.18 bits per heavy atom. The number of ether oxygens (including phenoxy) is 1. The first kappa shape index (κ1) is 19.2. The summed E-state index contributed by atoms with van der Waals surface area (Å²) in [6.07, 6.45) is 4.01. The van der Waals surface area contributed by atoms with Gasteiger partial charge in [-0.3, -0.25) is 9.89 Å². The van der Waals surface area contributed by atoms with Crippen molar-refractivity contribution in [3.05, 3.63) is 0 Å². The number of likely N-dealkylation sites (tertiary alicyclic amines) is 1. The lowest BCUT2D eigenvalue weighted by Gasteiger charge is -2.31. The normalized spacial score (nSPS) is 20.0. The number of guanidine groups is 1. The van der Waals surface area contributed by atoms with E-state index in [4.69, 9.17) is 4.74 Å². The molecule has 22 heavy (non-hydrogen) atoms. The first-order valence-corrected chi connectivity index (χ1v) is 8.63. The summed E-state index contributed by atoms with van der Waals surface area (Å²) in [5, 5.41) is 6.86. The topological polar surface area (TPSA) is 48.9 Å². The van der Waals surface area contributed by atoms with E-state index in [0.29, 0.717) is 6.04 Å². The Morgan fingerprint density at radius 3 is 2.23 bits per heavy atom. The molecule has 2 N–H and O–H groups in total. The van der Waals surface area contributed by atoms with E-state index in [-0.39, 0.29) is 11.5 Å². The lowest BCUT2D eigenvalue weighted by atomic mass is 9.89. The van der Waals surface area contributed by atoms with E-state index in [9.17, 15) is 0 Å². The van der Waals surface area contributed by atoms with Gasteiger partial charge in [-0.1, -0.05) is 27.7 Å². The smallest absolute Gasteiger partial charge is 0.191 e. The van der Waals surface area contributed by atoms with Crippen molar-refractivity contribution >= 4 is 5.96 Å². The van der Waals surface area contributed by atoms with Gasteiger partial charge in [0, 0.05) is 33.3 Å². The molecule has 5 heteroatoms. The minimum atomic E-state index is 0.113. The van der Waals surface area contributed by atoms with Crippen molar-refractivity contribution in [1.29, 1.82) is 0 Å². The van der Waals surface area contributed by atoms with Gasteiger partial charge in [-0.25, -0.2) is 0 Å². The second-order valence-corrected chi connectivity index (χ2v) is 7.23. The summed E-state index contributed by atoms with van der Waals surface area (Å²) < 4.78 is 5.58. The Kier molecular flexibility index (Phi) is 8.18. The molecule has 2 unspecified atom stereocenters. The Morgan fingerprint density at radius 2 is 1.77 bits per heavy atom. The Hall–Kier alpha value is -0.810. The van der Waals surface area contributed by atoms with Gasteiger partial charge in [0.05, 0.1) is 6.10 Å². The molecule has 1 fully saturated rings. The van der Waals surface area contributed by atoms with E-state index in [1.807, 2.05) is 7.05 Å². The van der Waals surface area contributed by atoms with Crippen molar-refractivity contribution in [3.63, 3.8) is 0 Å². The summed E-state index contributed by atoms with van der Waals surface area (Å²) in [4.78, 5) is 6.92. The van der Waals surface area contributed by atoms with Gasteiger partial charge < -0.3 is 15.4 Å². The largest absolute Gasteiger partial charge is 0.379 e. The summed E-state index contributed by atoms with van der Waals surface area (Å²) in [6, 6.07) is 0.599. The first-order chi connectivity index (χ1) is 10.4. The van der Waals surface area contributed by atoms with Crippen LogP contribution in [0.5, 0.6) is 0 Å². The van der Waals surface area contributed by atoms with Crippen LogP contribution in [-0.2, 0) is 4.74 Å². The number of nitrogens with one attached hydrogen (secondary N) is 2. The minimum absolute atomic E-state index is 0.113. The van der Waals surface area contributed by atoms with E-state index in [2.05, 4.69) is 48.2 Å². The number of rotatable bonds is 7. The fourth-order valence-electron chi connectivity index (χ4n) is 3.01. The molecule has 0 aromatic heterocycles. The zero-order valence-corrected chi connectivity index (χ0v) is 15.4. The molecule has 0 saturated carbocycles. The zero-order valence-electron chi connectivity index (χ0n) is 15.4. The van der Waals surface area contributed by atoms with Crippen LogP contribution < -0.4 is 10.6 Å². The molecule has 130 valence electrons. The third kappa shape index (κ3) is 6.13. The average Bonchev–Trinajstić information content (AvgIpc) is 2.99. The highest BCUT2D eigenvalue weighted by Gasteiger charge is 2.25. The van der Waals surface area contributed by atoms with Crippen LogP contribution in [0.15, 0.2) is 4.99 Å². The molecule has 0 amide bonds. The second-order valence-electron chi connectivity index (χ2n) is 7.23. The Balaban J connectivity index is 2.41. The highest BCUT2D eigenvalue weighted by atomic mass is 16.5. The summed E-state index contributed by atoms with van der Waals surface area (Å²) in [6.45, 7) is 13.0. The molecule has 2 atom stereocenters. The first-order valence-electron chi connectivity index (χ1n) is 8.63. The third-order valence-electron chi connectivity index (χ3n) is 4.56. The average molecular weight is 313 g/mol. The van der Waals surface area contributed by atoms with Crippen LogP contribution in [0.4, 0.5) is 0 Å². The standard InChI is InChI=1S/C17H36N4O/c1-7-14(21-10-8-9-11-21)12-19-16(18-5)20-13-15(22-6)17(2,3)4/h14-15H,7-13H2,1-6H3,(H2,18,19,20). The molecule has 1 aliphatic heterocycles. The number of nitrogens with zero attached hydrogens (tertiary/aromatic N) is 2. The van der Waals surface area contributed by atoms with Crippen LogP contribution in [0.2, 0.25) is 0 Å². The quantitative estimate of drug-likeness (QED) is 0.558.